The number of aliphatic hydroxyl groups excluding tert-OH is 1. The smallest absolute Gasteiger partial charge is 0.251 e. The van der Waals surface area contributed by atoms with Crippen LogP contribution in [0.25, 0.3) is 11.0 Å². The van der Waals surface area contributed by atoms with E-state index in [2.05, 4.69) is 15.3 Å². The molecule has 3 N–H and O–H groups in total. The number of amides is 2. The van der Waals surface area contributed by atoms with Crippen LogP contribution in [0.15, 0.2) is 18.2 Å². The van der Waals surface area contributed by atoms with Gasteiger partial charge in [-0.3, -0.25) is 9.59 Å². The highest BCUT2D eigenvalue weighted by Crippen LogP contribution is 2.13. The molecule has 1 fully saturated rings. The lowest BCUT2D eigenvalue weighted by atomic mass is 10.2. The number of hydrogen-bond acceptors (Lipinski definition) is 4. The van der Waals surface area contributed by atoms with Crippen molar-refractivity contribution in [1.29, 1.82) is 0 Å². The molecule has 1 atom stereocenters. The van der Waals surface area contributed by atoms with E-state index in [1.54, 1.807) is 6.07 Å². The van der Waals surface area contributed by atoms with E-state index in [1.165, 1.54) is 17.0 Å². The fourth-order valence-electron chi connectivity index (χ4n) is 2.77. The highest BCUT2D eigenvalue weighted by Gasteiger charge is 2.26. The Hall–Kier alpha value is -2.48. The Balaban J connectivity index is 1.57. The summed E-state index contributed by atoms with van der Waals surface area (Å²) in [6.07, 6.45) is 0.948. The van der Waals surface area contributed by atoms with Crippen molar-refractivity contribution in [3.63, 3.8) is 0 Å². The Morgan fingerprint density at radius 2 is 2.29 bits per heavy atom. The standard InChI is InChI=1S/C16H19FN4O3/c17-10-4-5-11-12(7-10)20-14(19-11)8-18-15(23)9-21-6-2-1-3-13(22)16(21)24/h4-5,7,13,22H,1-3,6,8-9H2,(H,18,23)(H,19,20). The number of nitrogens with zero attached hydrogens (tertiary/aromatic N) is 2. The number of imidazole rings is 1. The van der Waals surface area contributed by atoms with Crippen LogP contribution in [0, 0.1) is 5.82 Å². The number of hydrogen-bond donors (Lipinski definition) is 3. The summed E-state index contributed by atoms with van der Waals surface area (Å²) in [6.45, 7) is 0.525. The molecule has 1 saturated heterocycles. The predicted molar refractivity (Wildman–Crippen MR) is 84.3 cm³/mol. The number of likely N-dealkylation sites (tertiary alicyclic amines) is 1. The van der Waals surface area contributed by atoms with E-state index in [4.69, 9.17) is 0 Å². The zero-order chi connectivity index (χ0) is 17.1. The van der Waals surface area contributed by atoms with E-state index in [0.717, 1.165) is 12.8 Å². The lowest BCUT2D eigenvalue weighted by Crippen LogP contribution is -2.44. The van der Waals surface area contributed by atoms with Gasteiger partial charge in [-0.15, -0.1) is 0 Å². The van der Waals surface area contributed by atoms with Crippen molar-refractivity contribution < 1.29 is 19.1 Å². The minimum Gasteiger partial charge on any atom is -0.383 e. The summed E-state index contributed by atoms with van der Waals surface area (Å²) < 4.78 is 13.1. The van der Waals surface area contributed by atoms with Gasteiger partial charge in [-0.25, -0.2) is 9.37 Å². The second-order valence-corrected chi connectivity index (χ2v) is 5.89. The molecule has 1 aromatic carbocycles. The SMILES string of the molecule is O=C(CN1CCCCC(O)C1=O)NCc1nc2ccc(F)cc2[nH]1. The Morgan fingerprint density at radius 1 is 1.46 bits per heavy atom. The van der Waals surface area contributed by atoms with Gasteiger partial charge >= 0.3 is 0 Å². The average molecular weight is 334 g/mol. The number of H-pyrrole nitrogens is 1. The molecule has 0 saturated carbocycles. The van der Waals surface area contributed by atoms with Crippen LogP contribution in [0.5, 0.6) is 0 Å². The van der Waals surface area contributed by atoms with Crippen LogP contribution >= 0.6 is 0 Å². The fraction of sp³-hybridized carbons (Fsp3) is 0.438. The molecule has 7 nitrogen and oxygen atoms in total. The number of rotatable bonds is 4. The van der Waals surface area contributed by atoms with E-state index >= 15 is 0 Å². The molecule has 0 aliphatic carbocycles. The average Bonchev–Trinajstić information content (AvgIpc) is 2.89. The maximum atomic E-state index is 13.1. The molecule has 1 aliphatic rings. The van der Waals surface area contributed by atoms with Crippen molar-refractivity contribution in [2.45, 2.75) is 31.9 Å². The third kappa shape index (κ3) is 3.70. The highest BCUT2D eigenvalue weighted by atomic mass is 19.1. The molecule has 1 unspecified atom stereocenters. The maximum Gasteiger partial charge on any atom is 0.251 e. The normalized spacial score (nSPS) is 18.7. The van der Waals surface area contributed by atoms with Crippen molar-refractivity contribution in [3.05, 3.63) is 29.8 Å². The first kappa shape index (κ1) is 16.4. The molecule has 128 valence electrons. The molecule has 0 spiro atoms. The van der Waals surface area contributed by atoms with Crippen LogP contribution in [-0.4, -0.2) is 51.0 Å². The molecule has 1 aromatic heterocycles. The first-order valence-electron chi connectivity index (χ1n) is 7.90. The number of benzene rings is 1. The Kier molecular flexibility index (Phi) is 4.75. The Labute approximate surface area is 137 Å². The monoisotopic (exact) mass is 334 g/mol. The lowest BCUT2D eigenvalue weighted by molar-refractivity contribution is -0.142. The third-order valence-corrected chi connectivity index (χ3v) is 4.03. The Morgan fingerprint density at radius 3 is 3.12 bits per heavy atom. The number of nitrogens with one attached hydrogen (secondary N) is 2. The number of fused-ring (bicyclic) bond motifs is 1. The van der Waals surface area contributed by atoms with Gasteiger partial charge < -0.3 is 20.3 Å². The van der Waals surface area contributed by atoms with Crippen molar-refractivity contribution in [1.82, 2.24) is 20.2 Å². The second kappa shape index (κ2) is 6.96. The predicted octanol–water partition coefficient (Wildman–Crippen LogP) is 0.692. The number of aliphatic hydroxyl groups is 1. The molecule has 2 amide bonds. The largest absolute Gasteiger partial charge is 0.383 e. The minimum atomic E-state index is -1.02. The van der Waals surface area contributed by atoms with Gasteiger partial charge in [-0.1, -0.05) is 0 Å². The molecule has 1 aliphatic heterocycles. The summed E-state index contributed by atoms with van der Waals surface area (Å²) in [7, 11) is 0. The minimum absolute atomic E-state index is 0.0925. The van der Waals surface area contributed by atoms with Gasteiger partial charge in [0.25, 0.3) is 5.91 Å². The van der Waals surface area contributed by atoms with Gasteiger partial charge in [0.15, 0.2) is 0 Å². The molecular weight excluding hydrogens is 315 g/mol. The summed E-state index contributed by atoms with van der Waals surface area (Å²) in [6, 6.07) is 4.22. The van der Waals surface area contributed by atoms with Crippen LogP contribution in [0.3, 0.4) is 0 Å². The van der Waals surface area contributed by atoms with Gasteiger partial charge in [-0.05, 0) is 37.5 Å². The van der Waals surface area contributed by atoms with Gasteiger partial charge in [0.1, 0.15) is 17.7 Å². The molecular formula is C16H19FN4O3. The summed E-state index contributed by atoms with van der Waals surface area (Å²) in [4.78, 5) is 32.5. The van der Waals surface area contributed by atoms with Gasteiger partial charge in [0, 0.05) is 6.54 Å². The molecule has 3 rings (SSSR count). The zero-order valence-electron chi connectivity index (χ0n) is 13.1. The summed E-state index contributed by atoms with van der Waals surface area (Å²) in [5, 5.41) is 12.4. The zero-order valence-corrected chi connectivity index (χ0v) is 13.1. The van der Waals surface area contributed by atoms with E-state index < -0.39 is 12.0 Å². The highest BCUT2D eigenvalue weighted by molar-refractivity contribution is 5.87. The van der Waals surface area contributed by atoms with Crippen LogP contribution in [0.4, 0.5) is 4.39 Å². The Bertz CT molecular complexity index is 761. The van der Waals surface area contributed by atoms with Crippen LogP contribution in [0.2, 0.25) is 0 Å². The summed E-state index contributed by atoms with van der Waals surface area (Å²) >= 11 is 0. The number of halogens is 1. The van der Waals surface area contributed by atoms with Crippen LogP contribution in [0.1, 0.15) is 25.1 Å². The number of carbonyl (C=O) groups excluding carboxylic acids is 2. The molecule has 2 heterocycles. The van der Waals surface area contributed by atoms with Crippen molar-refractivity contribution in [2.24, 2.45) is 0 Å². The fourth-order valence-corrected chi connectivity index (χ4v) is 2.77. The molecule has 0 radical (unpaired) electrons. The van der Waals surface area contributed by atoms with Gasteiger partial charge in [0.2, 0.25) is 5.91 Å². The van der Waals surface area contributed by atoms with Crippen molar-refractivity contribution >= 4 is 22.8 Å². The van der Waals surface area contributed by atoms with E-state index in [1.807, 2.05) is 0 Å². The number of carbonyl (C=O) groups is 2. The second-order valence-electron chi connectivity index (χ2n) is 5.89. The van der Waals surface area contributed by atoms with Crippen molar-refractivity contribution in [3.8, 4) is 0 Å². The van der Waals surface area contributed by atoms with Crippen molar-refractivity contribution in [2.75, 3.05) is 13.1 Å². The number of aromatic nitrogens is 2. The maximum absolute atomic E-state index is 13.1. The summed E-state index contributed by atoms with van der Waals surface area (Å²) in [5.41, 5.74) is 1.18. The van der Waals surface area contributed by atoms with Crippen LogP contribution in [-0.2, 0) is 16.1 Å². The quantitative estimate of drug-likeness (QED) is 0.766. The van der Waals surface area contributed by atoms with E-state index in [9.17, 15) is 19.1 Å². The van der Waals surface area contributed by atoms with Gasteiger partial charge in [0.05, 0.1) is 24.1 Å². The van der Waals surface area contributed by atoms with Gasteiger partial charge in [-0.2, -0.15) is 0 Å². The molecule has 2 aromatic rings. The van der Waals surface area contributed by atoms with Crippen LogP contribution < -0.4 is 5.32 Å². The summed E-state index contributed by atoms with van der Waals surface area (Å²) in [5.74, 6) is -0.586. The van der Waals surface area contributed by atoms with E-state index in [-0.39, 0.29) is 24.8 Å². The number of aromatic amines is 1. The molecule has 0 bridgehead atoms. The lowest BCUT2D eigenvalue weighted by Gasteiger charge is -2.21. The topological polar surface area (TPSA) is 98.3 Å². The first-order valence-corrected chi connectivity index (χ1v) is 7.90. The first-order chi connectivity index (χ1) is 11.5. The third-order valence-electron chi connectivity index (χ3n) is 4.03. The molecule has 8 heteroatoms. The molecule has 24 heavy (non-hydrogen) atoms. The van der Waals surface area contributed by atoms with E-state index in [0.29, 0.717) is 29.8 Å².